The fraction of sp³-hybridized carbons (Fsp3) is 0.250. The zero-order valence-electron chi connectivity index (χ0n) is 9.63. The maximum Gasteiger partial charge on any atom is 0.224 e. The number of imidazole rings is 1. The minimum absolute atomic E-state index is 0.0146. The maximum absolute atomic E-state index is 11.7. The first-order valence-corrected chi connectivity index (χ1v) is 5.37. The lowest BCUT2D eigenvalue weighted by atomic mass is 10.2. The topological polar surface area (TPSA) is 59.8 Å². The summed E-state index contributed by atoms with van der Waals surface area (Å²) in [6, 6.07) is 3.67. The van der Waals surface area contributed by atoms with Crippen molar-refractivity contribution in [2.75, 3.05) is 0 Å². The summed E-state index contributed by atoms with van der Waals surface area (Å²) >= 11 is 0. The minimum Gasteiger partial charge on any atom is -0.349 e. The van der Waals surface area contributed by atoms with E-state index in [1.807, 2.05) is 29.9 Å². The number of hydrogen-bond acceptors (Lipinski definition) is 3. The lowest BCUT2D eigenvalue weighted by Gasteiger charge is -2.05. The number of amides is 1. The van der Waals surface area contributed by atoms with E-state index in [0.717, 1.165) is 11.4 Å². The van der Waals surface area contributed by atoms with Crippen molar-refractivity contribution >= 4 is 5.91 Å². The highest BCUT2D eigenvalue weighted by Gasteiger charge is 2.04. The van der Waals surface area contributed by atoms with Crippen LogP contribution in [0.25, 0.3) is 0 Å². The fourth-order valence-electron chi connectivity index (χ4n) is 1.49. The Morgan fingerprint density at radius 3 is 2.76 bits per heavy atom. The summed E-state index contributed by atoms with van der Waals surface area (Å²) in [5.41, 5.74) is 0.956. The van der Waals surface area contributed by atoms with Crippen LogP contribution in [-0.2, 0) is 24.8 Å². The van der Waals surface area contributed by atoms with Gasteiger partial charge in [0.05, 0.1) is 13.0 Å². The van der Waals surface area contributed by atoms with Crippen molar-refractivity contribution in [1.82, 2.24) is 19.9 Å². The van der Waals surface area contributed by atoms with Gasteiger partial charge in [0.25, 0.3) is 0 Å². The molecule has 0 aliphatic carbocycles. The van der Waals surface area contributed by atoms with Gasteiger partial charge in [-0.05, 0) is 17.7 Å². The van der Waals surface area contributed by atoms with Crippen molar-refractivity contribution in [3.8, 4) is 0 Å². The van der Waals surface area contributed by atoms with Crippen LogP contribution in [0, 0.1) is 0 Å². The molecule has 88 valence electrons. The molecule has 17 heavy (non-hydrogen) atoms. The quantitative estimate of drug-likeness (QED) is 0.840. The van der Waals surface area contributed by atoms with Gasteiger partial charge in [-0.3, -0.25) is 9.78 Å². The third-order valence-corrected chi connectivity index (χ3v) is 2.48. The van der Waals surface area contributed by atoms with Gasteiger partial charge in [-0.15, -0.1) is 0 Å². The SMILES string of the molecule is Cn1ccnc1CNC(=O)Cc1ccncc1. The number of aryl methyl sites for hydroxylation is 1. The number of hydrogen-bond donors (Lipinski definition) is 1. The first-order chi connectivity index (χ1) is 8.25. The van der Waals surface area contributed by atoms with Gasteiger partial charge in [0.15, 0.2) is 0 Å². The van der Waals surface area contributed by atoms with Gasteiger partial charge in [0.2, 0.25) is 5.91 Å². The molecule has 0 saturated carbocycles. The maximum atomic E-state index is 11.7. The van der Waals surface area contributed by atoms with E-state index in [2.05, 4.69) is 15.3 Å². The first-order valence-electron chi connectivity index (χ1n) is 5.37. The molecule has 5 nitrogen and oxygen atoms in total. The molecule has 2 heterocycles. The van der Waals surface area contributed by atoms with Crippen LogP contribution in [0.4, 0.5) is 0 Å². The summed E-state index contributed by atoms with van der Waals surface area (Å²) in [5, 5.41) is 2.83. The number of carbonyl (C=O) groups is 1. The number of pyridine rings is 1. The summed E-state index contributed by atoms with van der Waals surface area (Å²) in [5.74, 6) is 0.826. The minimum atomic E-state index is -0.0146. The van der Waals surface area contributed by atoms with Crippen LogP contribution in [0.15, 0.2) is 36.9 Å². The van der Waals surface area contributed by atoms with Crippen LogP contribution in [-0.4, -0.2) is 20.4 Å². The van der Waals surface area contributed by atoms with Gasteiger partial charge in [0, 0.05) is 31.8 Å². The van der Waals surface area contributed by atoms with Crippen molar-refractivity contribution in [1.29, 1.82) is 0 Å². The molecule has 0 atom stereocenters. The fourth-order valence-corrected chi connectivity index (χ4v) is 1.49. The van der Waals surface area contributed by atoms with Crippen LogP contribution in [0.2, 0.25) is 0 Å². The summed E-state index contributed by atoms with van der Waals surface area (Å²) in [6.07, 6.45) is 7.30. The summed E-state index contributed by atoms with van der Waals surface area (Å²) in [6.45, 7) is 0.452. The first kappa shape index (κ1) is 11.3. The van der Waals surface area contributed by atoms with Gasteiger partial charge in [0.1, 0.15) is 5.82 Å². The molecule has 0 bridgehead atoms. The Bertz CT molecular complexity index is 492. The second-order valence-electron chi connectivity index (χ2n) is 3.76. The molecule has 0 fully saturated rings. The molecular weight excluding hydrogens is 216 g/mol. The number of aromatic nitrogens is 3. The van der Waals surface area contributed by atoms with Gasteiger partial charge in [-0.25, -0.2) is 4.98 Å². The predicted octanol–water partition coefficient (Wildman–Crippen LogP) is 0.674. The van der Waals surface area contributed by atoms with Crippen LogP contribution in [0.3, 0.4) is 0 Å². The lowest BCUT2D eigenvalue weighted by molar-refractivity contribution is -0.120. The number of carbonyl (C=O) groups excluding carboxylic acids is 1. The highest BCUT2D eigenvalue weighted by molar-refractivity contribution is 5.78. The number of rotatable bonds is 4. The van der Waals surface area contributed by atoms with Gasteiger partial charge >= 0.3 is 0 Å². The lowest BCUT2D eigenvalue weighted by Crippen LogP contribution is -2.25. The average Bonchev–Trinajstić information content (AvgIpc) is 2.74. The number of nitrogens with zero attached hydrogens (tertiary/aromatic N) is 3. The molecule has 0 spiro atoms. The van der Waals surface area contributed by atoms with Crippen molar-refractivity contribution in [2.24, 2.45) is 7.05 Å². The molecule has 0 saturated heterocycles. The van der Waals surface area contributed by atoms with E-state index in [9.17, 15) is 4.79 Å². The highest BCUT2D eigenvalue weighted by atomic mass is 16.1. The van der Waals surface area contributed by atoms with Crippen LogP contribution in [0.5, 0.6) is 0 Å². The molecule has 1 amide bonds. The molecule has 5 heteroatoms. The van der Waals surface area contributed by atoms with E-state index in [4.69, 9.17) is 0 Å². The van der Waals surface area contributed by atoms with E-state index >= 15 is 0 Å². The Morgan fingerprint density at radius 1 is 1.35 bits per heavy atom. The van der Waals surface area contributed by atoms with E-state index < -0.39 is 0 Å². The molecule has 0 radical (unpaired) electrons. The number of nitrogens with one attached hydrogen (secondary N) is 1. The van der Waals surface area contributed by atoms with E-state index in [1.54, 1.807) is 18.6 Å². The Labute approximate surface area is 99.5 Å². The smallest absolute Gasteiger partial charge is 0.224 e. The second kappa shape index (κ2) is 5.25. The average molecular weight is 230 g/mol. The molecule has 2 rings (SSSR count). The molecule has 2 aromatic rings. The second-order valence-corrected chi connectivity index (χ2v) is 3.76. The molecule has 0 aliphatic rings. The summed E-state index contributed by atoms with van der Waals surface area (Å²) < 4.78 is 1.88. The van der Waals surface area contributed by atoms with Crippen LogP contribution < -0.4 is 5.32 Å². The van der Waals surface area contributed by atoms with Gasteiger partial charge in [-0.1, -0.05) is 0 Å². The van der Waals surface area contributed by atoms with Crippen molar-refractivity contribution < 1.29 is 4.79 Å². The normalized spacial score (nSPS) is 10.2. The molecule has 1 N–H and O–H groups in total. The van der Waals surface area contributed by atoms with E-state index in [-0.39, 0.29) is 5.91 Å². The zero-order valence-corrected chi connectivity index (χ0v) is 9.63. The van der Waals surface area contributed by atoms with Crippen molar-refractivity contribution in [2.45, 2.75) is 13.0 Å². The molecule has 0 aromatic carbocycles. The van der Waals surface area contributed by atoms with Crippen LogP contribution >= 0.6 is 0 Å². The largest absolute Gasteiger partial charge is 0.349 e. The van der Waals surface area contributed by atoms with E-state index in [0.29, 0.717) is 13.0 Å². The zero-order chi connectivity index (χ0) is 12.1. The Kier molecular flexibility index (Phi) is 3.49. The molecule has 0 unspecified atom stereocenters. The van der Waals surface area contributed by atoms with Crippen molar-refractivity contribution in [3.05, 3.63) is 48.3 Å². The third kappa shape index (κ3) is 3.14. The van der Waals surface area contributed by atoms with Gasteiger partial charge in [-0.2, -0.15) is 0 Å². The monoisotopic (exact) mass is 230 g/mol. The molecule has 0 aliphatic heterocycles. The van der Waals surface area contributed by atoms with E-state index in [1.165, 1.54) is 0 Å². The Hall–Kier alpha value is -2.17. The molecular formula is C12H14N4O. The predicted molar refractivity (Wildman–Crippen MR) is 63.0 cm³/mol. The Balaban J connectivity index is 1.84. The van der Waals surface area contributed by atoms with Crippen molar-refractivity contribution in [3.63, 3.8) is 0 Å². The van der Waals surface area contributed by atoms with Gasteiger partial charge < -0.3 is 9.88 Å². The third-order valence-electron chi connectivity index (χ3n) is 2.48. The highest BCUT2D eigenvalue weighted by Crippen LogP contribution is 1.98. The Morgan fingerprint density at radius 2 is 2.12 bits per heavy atom. The summed E-state index contributed by atoms with van der Waals surface area (Å²) in [7, 11) is 1.90. The van der Waals surface area contributed by atoms with Crippen LogP contribution in [0.1, 0.15) is 11.4 Å². The standard InChI is InChI=1S/C12H14N4O/c1-16-7-6-14-11(16)9-15-12(17)8-10-2-4-13-5-3-10/h2-7H,8-9H2,1H3,(H,15,17). The summed E-state index contributed by atoms with van der Waals surface area (Å²) in [4.78, 5) is 19.7. The molecule has 2 aromatic heterocycles.